The summed E-state index contributed by atoms with van der Waals surface area (Å²) < 4.78 is 30.2. The van der Waals surface area contributed by atoms with Gasteiger partial charge in [-0.25, -0.2) is 8.42 Å². The number of methoxy groups -OCH3 is 1. The Morgan fingerprint density at radius 3 is 2.41 bits per heavy atom. The lowest BCUT2D eigenvalue weighted by molar-refractivity contribution is -0.132. The number of amides is 1. The number of hydrogen-bond donors (Lipinski definition) is 0. The lowest BCUT2D eigenvalue weighted by Gasteiger charge is -2.26. The van der Waals surface area contributed by atoms with E-state index in [1.54, 1.807) is 16.2 Å². The van der Waals surface area contributed by atoms with Crippen LogP contribution in [0.5, 0.6) is 0 Å². The maximum atomic E-state index is 13.0. The van der Waals surface area contributed by atoms with Crippen LogP contribution in [0.4, 0.5) is 0 Å². The highest BCUT2D eigenvalue weighted by atomic mass is 32.2. The predicted octanol–water partition coefficient (Wildman–Crippen LogP) is 2.49. The van der Waals surface area contributed by atoms with Crippen molar-refractivity contribution in [2.75, 3.05) is 33.1 Å². The van der Waals surface area contributed by atoms with Crippen molar-refractivity contribution in [2.45, 2.75) is 20.0 Å². The zero-order chi connectivity index (χ0) is 19.9. The normalized spacial score (nSPS) is 11.7. The third-order valence-electron chi connectivity index (χ3n) is 4.20. The number of sulfonamides is 1. The number of thiophene rings is 1. The zero-order valence-electron chi connectivity index (χ0n) is 15.9. The van der Waals surface area contributed by atoms with E-state index in [9.17, 15) is 13.2 Å². The van der Waals surface area contributed by atoms with Crippen LogP contribution in [0.15, 0.2) is 41.8 Å². The molecule has 0 unspecified atom stereocenters. The molecule has 0 aliphatic heterocycles. The molecule has 8 heteroatoms. The fraction of sp³-hybridized carbons (Fsp3) is 0.421. The van der Waals surface area contributed by atoms with Crippen molar-refractivity contribution < 1.29 is 17.9 Å². The molecule has 0 saturated carbocycles. The summed E-state index contributed by atoms with van der Waals surface area (Å²) in [4.78, 5) is 15.8. The third-order valence-corrected chi connectivity index (χ3v) is 6.45. The number of benzene rings is 1. The lowest BCUT2D eigenvalue weighted by atomic mass is 10.2. The Labute approximate surface area is 165 Å². The van der Waals surface area contributed by atoms with Crippen LogP contribution in [0, 0.1) is 6.92 Å². The lowest BCUT2D eigenvalue weighted by Crippen LogP contribution is -2.43. The van der Waals surface area contributed by atoms with Gasteiger partial charge in [-0.1, -0.05) is 30.3 Å². The predicted molar refractivity (Wildman–Crippen MR) is 108 cm³/mol. The molecule has 2 rings (SSSR count). The molecule has 0 atom stereocenters. The van der Waals surface area contributed by atoms with Crippen LogP contribution in [0.25, 0.3) is 0 Å². The minimum absolute atomic E-state index is 0.151. The van der Waals surface area contributed by atoms with Gasteiger partial charge in [-0.15, -0.1) is 11.3 Å². The number of ether oxygens (including phenoxy) is 1. The molecule has 1 amide bonds. The zero-order valence-corrected chi connectivity index (χ0v) is 17.6. The van der Waals surface area contributed by atoms with Gasteiger partial charge in [0, 0.05) is 25.1 Å². The van der Waals surface area contributed by atoms with Crippen LogP contribution in [0.2, 0.25) is 0 Å². The van der Waals surface area contributed by atoms with E-state index >= 15 is 0 Å². The quantitative estimate of drug-likeness (QED) is 0.604. The van der Waals surface area contributed by atoms with Crippen LogP contribution in [0.3, 0.4) is 0 Å². The molecule has 1 aromatic heterocycles. The average Bonchev–Trinajstić information content (AvgIpc) is 3.02. The molecule has 0 saturated heterocycles. The number of carbonyl (C=O) groups is 1. The largest absolute Gasteiger partial charge is 0.383 e. The van der Waals surface area contributed by atoms with Crippen molar-refractivity contribution in [3.05, 3.63) is 57.8 Å². The highest BCUT2D eigenvalue weighted by Gasteiger charge is 2.24. The van der Waals surface area contributed by atoms with Crippen LogP contribution >= 0.6 is 11.3 Å². The van der Waals surface area contributed by atoms with Gasteiger partial charge in [0.15, 0.2) is 0 Å². The summed E-state index contributed by atoms with van der Waals surface area (Å²) in [6, 6.07) is 11.7. The maximum Gasteiger partial charge on any atom is 0.238 e. The number of carbonyl (C=O) groups excluding carboxylic acids is 1. The van der Waals surface area contributed by atoms with Gasteiger partial charge >= 0.3 is 0 Å². The fourth-order valence-corrected chi connectivity index (χ4v) is 4.25. The Hall–Kier alpha value is -1.74. The highest BCUT2D eigenvalue weighted by Crippen LogP contribution is 2.19. The van der Waals surface area contributed by atoms with E-state index in [4.69, 9.17) is 4.74 Å². The summed E-state index contributed by atoms with van der Waals surface area (Å²) in [5.41, 5.74) is 2.13. The molecular weight excluding hydrogens is 384 g/mol. The highest BCUT2D eigenvalue weighted by molar-refractivity contribution is 7.88. The van der Waals surface area contributed by atoms with E-state index in [0.717, 1.165) is 26.6 Å². The van der Waals surface area contributed by atoms with E-state index in [1.807, 2.05) is 48.7 Å². The molecule has 6 nitrogen and oxygen atoms in total. The molecule has 1 heterocycles. The molecule has 0 aliphatic rings. The molecule has 148 valence electrons. The van der Waals surface area contributed by atoms with Crippen LogP contribution < -0.4 is 0 Å². The second kappa shape index (κ2) is 9.98. The molecule has 0 spiro atoms. The van der Waals surface area contributed by atoms with Crippen LogP contribution in [0.1, 0.15) is 16.0 Å². The molecule has 1 aromatic carbocycles. The Morgan fingerprint density at radius 2 is 1.85 bits per heavy atom. The maximum absolute atomic E-state index is 13.0. The summed E-state index contributed by atoms with van der Waals surface area (Å²) in [7, 11) is -2.00. The fourth-order valence-electron chi connectivity index (χ4n) is 2.58. The van der Waals surface area contributed by atoms with E-state index in [0.29, 0.717) is 13.1 Å². The minimum Gasteiger partial charge on any atom is -0.383 e. The first-order chi connectivity index (χ1) is 12.8. The Morgan fingerprint density at radius 1 is 1.15 bits per heavy atom. The van der Waals surface area contributed by atoms with Crippen molar-refractivity contribution in [3.8, 4) is 0 Å². The second-order valence-corrected chi connectivity index (χ2v) is 9.33. The summed E-state index contributed by atoms with van der Waals surface area (Å²) in [6.07, 6.45) is 1.11. The number of aryl methyl sites for hydroxylation is 1. The van der Waals surface area contributed by atoms with Gasteiger partial charge < -0.3 is 9.64 Å². The Balaban J connectivity index is 2.19. The van der Waals surface area contributed by atoms with Crippen molar-refractivity contribution >= 4 is 27.3 Å². The van der Waals surface area contributed by atoms with E-state index < -0.39 is 10.0 Å². The molecule has 0 N–H and O–H groups in total. The molecule has 0 aliphatic carbocycles. The molecular formula is C19H26N2O4S2. The number of rotatable bonds is 10. The third kappa shape index (κ3) is 6.73. The molecule has 0 radical (unpaired) electrons. The topological polar surface area (TPSA) is 66.9 Å². The van der Waals surface area contributed by atoms with Crippen molar-refractivity contribution in [3.63, 3.8) is 0 Å². The van der Waals surface area contributed by atoms with E-state index in [2.05, 4.69) is 0 Å². The molecule has 0 bridgehead atoms. The summed E-state index contributed by atoms with van der Waals surface area (Å²) in [5, 5.41) is 2.00. The van der Waals surface area contributed by atoms with Crippen molar-refractivity contribution in [1.29, 1.82) is 0 Å². The van der Waals surface area contributed by atoms with Gasteiger partial charge in [0.25, 0.3) is 0 Å². The molecule has 2 aromatic rings. The van der Waals surface area contributed by atoms with Gasteiger partial charge in [0.05, 0.1) is 26.0 Å². The monoisotopic (exact) mass is 410 g/mol. The summed E-state index contributed by atoms with van der Waals surface area (Å²) >= 11 is 1.60. The van der Waals surface area contributed by atoms with Crippen molar-refractivity contribution in [2.24, 2.45) is 0 Å². The Bertz CT molecular complexity index is 834. The second-order valence-electron chi connectivity index (χ2n) is 6.35. The van der Waals surface area contributed by atoms with Crippen LogP contribution in [-0.2, 0) is 32.6 Å². The Kier molecular flexibility index (Phi) is 7.97. The van der Waals surface area contributed by atoms with Gasteiger partial charge in [-0.05, 0) is 29.5 Å². The first-order valence-electron chi connectivity index (χ1n) is 8.60. The van der Waals surface area contributed by atoms with Gasteiger partial charge in [-0.2, -0.15) is 4.31 Å². The van der Waals surface area contributed by atoms with E-state index in [1.165, 1.54) is 7.11 Å². The first-order valence-corrected chi connectivity index (χ1v) is 11.3. The van der Waals surface area contributed by atoms with Gasteiger partial charge in [0.1, 0.15) is 0 Å². The van der Waals surface area contributed by atoms with E-state index in [-0.39, 0.29) is 25.6 Å². The average molecular weight is 411 g/mol. The summed E-state index contributed by atoms with van der Waals surface area (Å²) in [5.74, 6) is -0.229. The smallest absolute Gasteiger partial charge is 0.238 e. The summed E-state index contributed by atoms with van der Waals surface area (Å²) in [6.45, 7) is 3.09. The van der Waals surface area contributed by atoms with Crippen LogP contribution in [-0.4, -0.2) is 56.6 Å². The van der Waals surface area contributed by atoms with Crippen molar-refractivity contribution in [1.82, 2.24) is 9.21 Å². The van der Waals surface area contributed by atoms with Gasteiger partial charge in [0.2, 0.25) is 15.9 Å². The molecule has 27 heavy (non-hydrogen) atoms. The number of nitrogens with zero attached hydrogens (tertiary/aromatic N) is 2. The first kappa shape index (κ1) is 21.6. The standard InChI is InChI=1S/C19H26N2O4S2/c1-16-9-12-26-18(16)14-20(13-17-7-5-4-6-8-17)19(22)15-21(10-11-25-2)27(3,23)24/h4-9,12H,10-11,13-15H2,1-3H3. The SMILES string of the molecule is COCCN(CC(=O)N(Cc1ccccc1)Cc1sccc1C)S(C)(=O)=O. The minimum atomic E-state index is -3.50. The number of hydrogen-bond acceptors (Lipinski definition) is 5. The molecule has 0 fully saturated rings. The van der Waals surface area contributed by atoms with Gasteiger partial charge in [-0.3, -0.25) is 4.79 Å².